The normalized spacial score (nSPS) is 16.5. The fourth-order valence-electron chi connectivity index (χ4n) is 4.95. The number of benzene rings is 2. The average Bonchev–Trinajstić information content (AvgIpc) is 3.25. The smallest absolute Gasteiger partial charge is 0.258 e. The molecule has 10 nitrogen and oxygen atoms in total. The first kappa shape index (κ1) is 27.2. The number of hydrogen-bond acceptors (Lipinski definition) is 6. The van der Waals surface area contributed by atoms with Gasteiger partial charge in [0.2, 0.25) is 11.8 Å². The molecule has 202 valence electrons. The van der Waals surface area contributed by atoms with Crippen molar-refractivity contribution >= 4 is 40.0 Å². The van der Waals surface area contributed by atoms with Crippen LogP contribution in [0.25, 0.3) is 10.9 Å². The summed E-state index contributed by atoms with van der Waals surface area (Å²) >= 11 is 0. The maximum Gasteiger partial charge on any atom is 0.258 e. The highest BCUT2D eigenvalue weighted by Gasteiger charge is 2.25. The Balaban J connectivity index is 1.58. The van der Waals surface area contributed by atoms with Gasteiger partial charge in [-0.15, -0.1) is 0 Å². The van der Waals surface area contributed by atoms with Crippen LogP contribution in [0.1, 0.15) is 61.0 Å². The van der Waals surface area contributed by atoms with Crippen molar-refractivity contribution in [2.75, 3.05) is 24.3 Å². The number of nitrogens with zero attached hydrogens (tertiary/aromatic N) is 1. The van der Waals surface area contributed by atoms with Crippen LogP contribution in [0, 0.1) is 0 Å². The molecule has 3 amide bonds. The lowest BCUT2D eigenvalue weighted by Gasteiger charge is -2.21. The number of amides is 3. The van der Waals surface area contributed by atoms with Crippen LogP contribution in [0.2, 0.25) is 0 Å². The molecule has 0 unspecified atom stereocenters. The molecule has 5 N–H and O–H groups in total. The second-order valence-electron chi connectivity index (χ2n) is 9.40. The quantitative estimate of drug-likeness (QED) is 0.183. The van der Waals surface area contributed by atoms with Crippen LogP contribution in [0.3, 0.4) is 0 Å². The van der Waals surface area contributed by atoms with Crippen molar-refractivity contribution in [2.24, 2.45) is 0 Å². The van der Waals surface area contributed by atoms with Crippen molar-refractivity contribution in [3.8, 4) is 0 Å². The minimum Gasteiger partial charge on any atom is -0.417 e. The van der Waals surface area contributed by atoms with Crippen molar-refractivity contribution in [1.29, 1.82) is 0 Å². The summed E-state index contributed by atoms with van der Waals surface area (Å²) in [5, 5.41) is 18.8. The van der Waals surface area contributed by atoms with Gasteiger partial charge in [0.25, 0.3) is 5.91 Å². The molecule has 1 aromatic heterocycles. The van der Waals surface area contributed by atoms with Gasteiger partial charge in [0, 0.05) is 11.8 Å². The van der Waals surface area contributed by atoms with E-state index < -0.39 is 11.9 Å². The number of hydroxylamine groups is 1. The van der Waals surface area contributed by atoms with Crippen LogP contribution in [-0.2, 0) is 16.0 Å². The van der Waals surface area contributed by atoms with Crippen molar-refractivity contribution in [3.63, 3.8) is 0 Å². The highest BCUT2D eigenvalue weighted by molar-refractivity contribution is 6.15. The van der Waals surface area contributed by atoms with E-state index in [9.17, 15) is 14.4 Å². The highest BCUT2D eigenvalue weighted by Crippen LogP contribution is 2.29. The van der Waals surface area contributed by atoms with Crippen molar-refractivity contribution in [2.45, 2.75) is 57.4 Å². The summed E-state index contributed by atoms with van der Waals surface area (Å²) in [7, 11) is 1.60. The number of unbranched alkanes of at least 4 members (excludes halogenated alkanes) is 2. The van der Waals surface area contributed by atoms with Crippen LogP contribution in [0.15, 0.2) is 48.5 Å². The molecule has 1 aliphatic heterocycles. The Morgan fingerprint density at radius 1 is 1.03 bits per heavy atom. The van der Waals surface area contributed by atoms with Gasteiger partial charge in [0.15, 0.2) is 0 Å². The fourth-order valence-corrected chi connectivity index (χ4v) is 4.95. The Hall–Kier alpha value is -3.89. The van der Waals surface area contributed by atoms with E-state index in [4.69, 9.17) is 10.0 Å². The Morgan fingerprint density at radius 2 is 1.76 bits per heavy atom. The number of hydrogen-bond donors (Lipinski definition) is 5. The third-order valence-electron chi connectivity index (χ3n) is 6.84. The highest BCUT2D eigenvalue weighted by atomic mass is 16.6. The van der Waals surface area contributed by atoms with Gasteiger partial charge in [-0.2, -0.15) is 4.73 Å². The molecular weight excluding hydrogens is 486 g/mol. The molecule has 3 aromatic rings. The number of fused-ring (bicyclic) bond motifs is 4. The molecule has 1 atom stereocenters. The Bertz CT molecular complexity index is 1290. The maximum atomic E-state index is 13.7. The zero-order valence-corrected chi connectivity index (χ0v) is 21.6. The molecule has 4 rings (SSSR count). The molecule has 2 heterocycles. The Morgan fingerprint density at radius 3 is 2.53 bits per heavy atom. The van der Waals surface area contributed by atoms with Crippen LogP contribution in [0.4, 0.5) is 11.4 Å². The summed E-state index contributed by atoms with van der Waals surface area (Å²) < 4.78 is 1.73. The molecule has 0 bridgehead atoms. The molecule has 38 heavy (non-hydrogen) atoms. The lowest BCUT2D eigenvalue weighted by molar-refractivity contribution is -0.129. The predicted octanol–water partition coefficient (Wildman–Crippen LogP) is 3.64. The molecule has 2 aromatic carbocycles. The number of anilines is 2. The van der Waals surface area contributed by atoms with Gasteiger partial charge in [-0.25, -0.2) is 5.48 Å². The summed E-state index contributed by atoms with van der Waals surface area (Å²) in [5.74, 6) is -0.839. The van der Waals surface area contributed by atoms with E-state index in [0.717, 1.165) is 42.3 Å². The number of carbonyl (C=O) groups is 3. The second-order valence-corrected chi connectivity index (χ2v) is 9.40. The number of nitrogens with one attached hydrogen (secondary N) is 4. The van der Waals surface area contributed by atoms with Crippen LogP contribution in [0.5, 0.6) is 0 Å². The second kappa shape index (κ2) is 13.1. The first-order valence-corrected chi connectivity index (χ1v) is 13.1. The number of carbonyl (C=O) groups excluding carboxylic acids is 3. The lowest BCUT2D eigenvalue weighted by Crippen LogP contribution is -2.41. The van der Waals surface area contributed by atoms with E-state index in [1.165, 1.54) is 0 Å². The summed E-state index contributed by atoms with van der Waals surface area (Å²) in [6.07, 6.45) is 5.23. The van der Waals surface area contributed by atoms with Gasteiger partial charge in [0.05, 0.1) is 34.2 Å². The molecule has 0 radical (unpaired) electrons. The van der Waals surface area contributed by atoms with Gasteiger partial charge >= 0.3 is 0 Å². The maximum absolute atomic E-state index is 13.7. The van der Waals surface area contributed by atoms with E-state index in [2.05, 4.69) is 16.0 Å². The first-order chi connectivity index (χ1) is 18.5. The molecule has 0 fully saturated rings. The van der Waals surface area contributed by atoms with Crippen molar-refractivity contribution < 1.29 is 24.4 Å². The van der Waals surface area contributed by atoms with Crippen LogP contribution < -0.4 is 26.3 Å². The molecule has 1 aliphatic rings. The van der Waals surface area contributed by atoms with Gasteiger partial charge in [0.1, 0.15) is 7.11 Å². The fraction of sp³-hybridized carbons (Fsp3) is 0.393. The first-order valence-electron chi connectivity index (χ1n) is 13.1. The summed E-state index contributed by atoms with van der Waals surface area (Å²) in [6.45, 7) is 0.640. The summed E-state index contributed by atoms with van der Waals surface area (Å²) in [5.41, 5.74) is 4.88. The molecule has 0 aliphatic carbocycles. The van der Waals surface area contributed by atoms with E-state index in [-0.39, 0.29) is 18.2 Å². The lowest BCUT2D eigenvalue weighted by atomic mass is 10.0. The Kier molecular flexibility index (Phi) is 9.34. The minimum absolute atomic E-state index is 0.173. The van der Waals surface area contributed by atoms with Gasteiger partial charge in [-0.3, -0.25) is 19.6 Å². The van der Waals surface area contributed by atoms with E-state index >= 15 is 0 Å². The largest absolute Gasteiger partial charge is 0.417 e. The molecular formula is C28H35N5O5. The van der Waals surface area contributed by atoms with Crippen LogP contribution in [-0.4, -0.2) is 47.4 Å². The van der Waals surface area contributed by atoms with E-state index in [0.29, 0.717) is 42.7 Å². The molecule has 0 spiro atoms. The van der Waals surface area contributed by atoms with Crippen molar-refractivity contribution in [3.05, 3.63) is 59.8 Å². The van der Waals surface area contributed by atoms with Gasteiger partial charge in [-0.05, 0) is 56.8 Å². The minimum atomic E-state index is -0.422. The number of rotatable bonds is 7. The average molecular weight is 522 g/mol. The van der Waals surface area contributed by atoms with Gasteiger partial charge in [-0.1, -0.05) is 43.2 Å². The predicted molar refractivity (Wildman–Crippen MR) is 145 cm³/mol. The van der Waals surface area contributed by atoms with Gasteiger partial charge < -0.3 is 20.8 Å². The SMILES string of the molecule is COn1c2c(c3ccccc31)C(=O)Nc1ccccc1NC(=O)[C@H](CCCCCC(=O)NO)NCCCC2. The zero-order valence-electron chi connectivity index (χ0n) is 21.6. The molecule has 10 heteroatoms. The summed E-state index contributed by atoms with van der Waals surface area (Å²) in [4.78, 5) is 43.8. The third kappa shape index (κ3) is 6.32. The van der Waals surface area contributed by atoms with E-state index in [1.54, 1.807) is 29.5 Å². The Labute approximate surface area is 221 Å². The van der Waals surface area contributed by atoms with Crippen molar-refractivity contribution in [1.82, 2.24) is 15.5 Å². The number of aromatic nitrogens is 1. The van der Waals surface area contributed by atoms with Crippen LogP contribution >= 0.6 is 0 Å². The monoisotopic (exact) mass is 521 g/mol. The van der Waals surface area contributed by atoms with E-state index in [1.807, 2.05) is 36.4 Å². The molecule has 0 saturated carbocycles. The third-order valence-corrected chi connectivity index (χ3v) is 6.84. The zero-order chi connectivity index (χ0) is 26.9. The summed E-state index contributed by atoms with van der Waals surface area (Å²) in [6, 6.07) is 14.4. The standard InChI is InChI=1S/C28H35N5O5/c1-38-33-23-15-8-5-11-19(23)26-24(33)16-9-10-18-29-22(14-3-2-4-17-25(34)32-37)27(35)30-20-12-6-7-13-21(20)31-28(26)36/h5-8,11-13,15,22,29,37H,2-4,9-10,14,16-18H2,1H3,(H,30,35)(H,31,36)(H,32,34)/t22-/m0/s1. The topological polar surface area (TPSA) is 134 Å². The number of para-hydroxylation sites is 3. The molecule has 0 saturated heterocycles.